The van der Waals surface area contributed by atoms with Crippen LogP contribution >= 0.6 is 0 Å². The molecule has 17 N–H and O–H groups in total. The number of carbonyl (C=O) groups is 8. The molecule has 81 heavy (non-hydrogen) atoms. The predicted octanol–water partition coefficient (Wildman–Crippen LogP) is -3.63. The Hall–Kier alpha value is -5.83. The molecular weight excluding hydrogens is 1090 g/mol. The molecule has 3 aliphatic heterocycles. The molecule has 15 atom stereocenters. The van der Waals surface area contributed by atoms with Gasteiger partial charge in [-0.05, 0) is 31.0 Å². The van der Waals surface area contributed by atoms with Crippen LogP contribution in [0.25, 0.3) is 0 Å². The summed E-state index contributed by atoms with van der Waals surface area (Å²) in [5, 5.41) is 111. The first-order chi connectivity index (χ1) is 38.1. The fourth-order valence-electron chi connectivity index (χ4n) is 10.1. The molecule has 3 saturated heterocycles. The Kier molecular flexibility index (Phi) is 26.4. The van der Waals surface area contributed by atoms with Crippen molar-refractivity contribution in [2.24, 2.45) is 11.7 Å². The molecule has 8 amide bonds. The number of amides is 8. The van der Waals surface area contributed by atoms with Crippen molar-refractivity contribution in [2.45, 2.75) is 215 Å². The number of benzene rings is 1. The van der Waals surface area contributed by atoms with Crippen LogP contribution in [0.4, 0.5) is 0 Å². The number of phenolic OH excluding ortho intramolecular Hbond substituents is 1. The summed E-state index contributed by atoms with van der Waals surface area (Å²) < 4.78 is 36.6. The number of hydrogen-bond donors (Lipinski definition) is 16. The lowest BCUT2D eigenvalue weighted by Crippen LogP contribution is -2.64. The highest BCUT2D eigenvalue weighted by Crippen LogP contribution is 2.33. The van der Waals surface area contributed by atoms with Gasteiger partial charge in [0.05, 0.1) is 30.8 Å². The third-order valence-electron chi connectivity index (χ3n) is 14.6. The molecule has 30 heteroatoms. The summed E-state index contributed by atoms with van der Waals surface area (Å²) in [6, 6.07) is -10.5. The van der Waals surface area contributed by atoms with E-state index in [0.717, 1.165) is 51.2 Å². The van der Waals surface area contributed by atoms with E-state index in [1.165, 1.54) is 45.4 Å². The molecule has 458 valence electrons. The molecule has 29 nitrogen and oxygen atoms in total. The van der Waals surface area contributed by atoms with E-state index in [0.29, 0.717) is 28.7 Å². The summed E-state index contributed by atoms with van der Waals surface area (Å²) in [5.74, 6) is -13.3. The van der Waals surface area contributed by atoms with Crippen LogP contribution < -0.4 is 36.5 Å². The van der Waals surface area contributed by atoms with E-state index in [2.05, 4.69) is 27.1 Å². The minimum Gasteiger partial charge on any atom is -0.504 e. The zero-order valence-electron chi connectivity index (χ0n) is 45.7. The van der Waals surface area contributed by atoms with E-state index < -0.39 is 198 Å². The molecule has 0 saturated carbocycles. The van der Waals surface area contributed by atoms with E-state index in [1.807, 2.05) is 10.6 Å². The summed E-state index contributed by atoms with van der Waals surface area (Å²) in [6.07, 6.45) is -6.43. The van der Waals surface area contributed by atoms with Gasteiger partial charge in [0.2, 0.25) is 47.3 Å². The van der Waals surface area contributed by atoms with Crippen molar-refractivity contribution in [1.29, 1.82) is 0 Å². The van der Waals surface area contributed by atoms with Gasteiger partial charge in [-0.15, -0.1) is 0 Å². The van der Waals surface area contributed by atoms with E-state index in [1.54, 1.807) is 0 Å². The average Bonchev–Trinajstić information content (AvgIpc) is 3.94. The van der Waals surface area contributed by atoms with Gasteiger partial charge in [-0.3, -0.25) is 42.9 Å². The van der Waals surface area contributed by atoms with Crippen molar-refractivity contribution in [3.63, 3.8) is 0 Å². The van der Waals surface area contributed by atoms with Crippen LogP contribution in [0.3, 0.4) is 0 Å². The first kappa shape index (κ1) is 67.7. The Morgan fingerprint density at radius 3 is 1.86 bits per heavy atom. The lowest BCUT2D eigenvalue weighted by Gasteiger charge is -2.34. The Morgan fingerprint density at radius 2 is 1.30 bits per heavy atom. The monoisotopic (exact) mass is 1170 g/mol. The SMILES string of the molecule is CCCCCCCCCCCCCCCC(=O)N[C@H]1C[C@@H](O)C(O)NC(=O)[C@@H]2[C@@H](O)[C@@H](C)CN2C(=O)[C@H]([C@H](O)CC(N)=O)NC(=O)[C@H]([C@H](O)[C@@H](O)c2ccc(O)c(OS(=O)(=O)O)c2)NC(=O)[C@@H]2C[C@@H](O)CN2C(=O)[C@H]([C@@H](C)O)NC1=O. The van der Waals surface area contributed by atoms with Gasteiger partial charge < -0.3 is 92.3 Å². The summed E-state index contributed by atoms with van der Waals surface area (Å²) in [5.41, 5.74) is 4.75. The maximum atomic E-state index is 14.6. The topological polar surface area (TPSA) is 475 Å². The lowest BCUT2D eigenvalue weighted by molar-refractivity contribution is -0.149. The molecule has 0 aromatic heterocycles. The maximum absolute atomic E-state index is 14.6. The third-order valence-corrected chi connectivity index (χ3v) is 15.0. The lowest BCUT2D eigenvalue weighted by atomic mass is 9.96. The van der Waals surface area contributed by atoms with Gasteiger partial charge in [-0.1, -0.05) is 97.0 Å². The van der Waals surface area contributed by atoms with Crippen LogP contribution in [-0.4, -0.2) is 208 Å². The number of hydrogen-bond acceptors (Lipinski definition) is 20. The molecule has 1 unspecified atom stereocenters. The van der Waals surface area contributed by atoms with Crippen molar-refractivity contribution in [1.82, 2.24) is 36.4 Å². The number of unbranched alkanes of at least 4 members (excludes halogenated alkanes) is 12. The molecule has 0 bridgehead atoms. The van der Waals surface area contributed by atoms with Gasteiger partial charge in [0.1, 0.15) is 54.6 Å². The molecule has 1 aromatic rings. The molecule has 3 aliphatic rings. The number of nitrogens with two attached hydrogens (primary N) is 1. The summed E-state index contributed by atoms with van der Waals surface area (Å²) in [7, 11) is -5.33. The number of carbonyl (C=O) groups excluding carboxylic acids is 8. The molecule has 0 aliphatic carbocycles. The Bertz CT molecular complexity index is 2440. The molecular formula is C51H82N8O21S. The summed E-state index contributed by atoms with van der Waals surface area (Å²) >= 11 is 0. The number of nitrogens with one attached hydrogen (secondary N) is 5. The van der Waals surface area contributed by atoms with Gasteiger partial charge in [0.25, 0.3) is 0 Å². The number of aliphatic hydroxyl groups is 8. The highest BCUT2D eigenvalue weighted by Gasteiger charge is 2.51. The Morgan fingerprint density at radius 1 is 0.741 bits per heavy atom. The average molecular weight is 1180 g/mol. The number of rotatable bonds is 24. The smallest absolute Gasteiger partial charge is 0.446 e. The van der Waals surface area contributed by atoms with Crippen molar-refractivity contribution in [3.05, 3.63) is 23.8 Å². The fourth-order valence-corrected chi connectivity index (χ4v) is 10.4. The van der Waals surface area contributed by atoms with Gasteiger partial charge >= 0.3 is 10.4 Å². The zero-order valence-corrected chi connectivity index (χ0v) is 46.5. The van der Waals surface area contributed by atoms with E-state index in [-0.39, 0.29) is 6.42 Å². The highest BCUT2D eigenvalue weighted by molar-refractivity contribution is 7.81. The minimum atomic E-state index is -5.33. The molecule has 4 rings (SSSR count). The fraction of sp³-hybridized carbons (Fsp3) is 0.725. The summed E-state index contributed by atoms with van der Waals surface area (Å²) in [6.45, 7) is 3.39. The standard InChI is InChI=1S/C51H82N8O21S/c1-4-5-6-7-8-9-10-11-12-13-14-15-16-17-37(66)53-30-22-34(64)47(72)57-49(74)41-42(67)26(2)24-59(41)51(76)39(33(63)23-36(52)65)55-48(73)40(44(69)43(68)28-18-19-32(62)35(20-28)80-81(77,78)79)56-46(71)31-21-29(61)25-58(31)50(75)38(27(3)60)54-45(30)70/h18-20,26-27,29-31,33-34,38-44,47,60-64,67-69,72H,4-17,21-25H2,1-3H3,(H2,52,65)(H,53,66)(H,54,70)(H,55,73)(H,56,71)(H,57,74)(H,77,78,79)/t26-,27+,29+,30-,31-,33+,34+,38-,39-,40-,41-,42-,43-,44-,47?/m0/s1. The number of aromatic hydroxyl groups is 1. The summed E-state index contributed by atoms with van der Waals surface area (Å²) in [4.78, 5) is 113. The Labute approximate surface area is 469 Å². The first-order valence-electron chi connectivity index (χ1n) is 27.4. The number of aliphatic hydroxyl groups excluding tert-OH is 8. The quantitative estimate of drug-likeness (QED) is 0.0351. The third kappa shape index (κ3) is 19.9. The largest absolute Gasteiger partial charge is 0.504 e. The number of fused-ring (bicyclic) bond motifs is 2. The van der Waals surface area contributed by atoms with Crippen LogP contribution in [0.5, 0.6) is 11.5 Å². The first-order valence-corrected chi connectivity index (χ1v) is 28.8. The number of phenols is 1. The normalized spacial score (nSPS) is 28.0. The second kappa shape index (κ2) is 31.6. The molecule has 0 spiro atoms. The van der Waals surface area contributed by atoms with E-state index in [9.17, 15) is 97.3 Å². The van der Waals surface area contributed by atoms with Crippen LogP contribution in [0.15, 0.2) is 18.2 Å². The second-order valence-corrected chi connectivity index (χ2v) is 22.3. The highest BCUT2D eigenvalue weighted by atomic mass is 32.3. The minimum absolute atomic E-state index is 0.114. The number of nitrogens with zero attached hydrogens (tertiary/aromatic N) is 2. The second-order valence-electron chi connectivity index (χ2n) is 21.3. The van der Waals surface area contributed by atoms with Crippen molar-refractivity contribution in [3.8, 4) is 11.5 Å². The van der Waals surface area contributed by atoms with E-state index in [4.69, 9.17) is 5.73 Å². The molecule has 1 aromatic carbocycles. The van der Waals surface area contributed by atoms with Gasteiger partial charge in [0.15, 0.2) is 17.7 Å². The van der Waals surface area contributed by atoms with Crippen molar-refractivity contribution >= 4 is 57.7 Å². The van der Waals surface area contributed by atoms with Gasteiger partial charge in [-0.2, -0.15) is 8.42 Å². The van der Waals surface area contributed by atoms with Crippen LogP contribution in [0, 0.1) is 5.92 Å². The van der Waals surface area contributed by atoms with Gasteiger partial charge in [0, 0.05) is 38.3 Å². The predicted molar refractivity (Wildman–Crippen MR) is 282 cm³/mol. The maximum Gasteiger partial charge on any atom is 0.446 e. The van der Waals surface area contributed by atoms with Crippen molar-refractivity contribution < 1.29 is 101 Å². The molecule has 0 radical (unpaired) electrons. The number of primary amides is 1. The van der Waals surface area contributed by atoms with Crippen LogP contribution in [-0.2, 0) is 48.8 Å². The van der Waals surface area contributed by atoms with Crippen molar-refractivity contribution in [2.75, 3.05) is 13.1 Å². The van der Waals surface area contributed by atoms with Crippen LogP contribution in [0.2, 0.25) is 0 Å². The van der Waals surface area contributed by atoms with E-state index >= 15 is 0 Å². The van der Waals surface area contributed by atoms with Gasteiger partial charge in [-0.25, -0.2) is 0 Å². The molecule has 3 fully saturated rings. The Balaban J connectivity index is 1.74. The molecule has 3 heterocycles. The van der Waals surface area contributed by atoms with Crippen LogP contribution in [0.1, 0.15) is 142 Å². The zero-order chi connectivity index (χ0) is 60.5.